The second-order valence-corrected chi connectivity index (χ2v) is 13.8. The third-order valence-electron chi connectivity index (χ3n) is 7.30. The second kappa shape index (κ2) is 39.6. The molecule has 0 amide bonds. The first-order valence-corrected chi connectivity index (χ1v) is 20.1. The summed E-state index contributed by atoms with van der Waals surface area (Å²) in [5, 5.41) is 6.57. The van der Waals surface area contributed by atoms with E-state index in [1.165, 1.54) is 77.0 Å². The van der Waals surface area contributed by atoms with Gasteiger partial charge in [-0.25, -0.2) is 8.37 Å². The minimum atomic E-state index is -4.22. The van der Waals surface area contributed by atoms with Gasteiger partial charge in [0, 0.05) is 100 Å². The van der Waals surface area contributed by atoms with Gasteiger partial charge < -0.3 is 20.4 Å². The van der Waals surface area contributed by atoms with Crippen molar-refractivity contribution in [3.63, 3.8) is 0 Å². The van der Waals surface area contributed by atoms with Crippen molar-refractivity contribution in [1.29, 1.82) is 0 Å². The van der Waals surface area contributed by atoms with Gasteiger partial charge in [0.2, 0.25) is 0 Å². The Bertz CT molecular complexity index is 890. The van der Waals surface area contributed by atoms with Gasteiger partial charge in [-0.05, 0) is 38.5 Å². The van der Waals surface area contributed by atoms with E-state index in [-0.39, 0.29) is 74.5 Å². The molecule has 2 rings (SSSR count). The summed E-state index contributed by atoms with van der Waals surface area (Å²) in [6, 6.07) is 0. The monoisotopic (exact) mass is 1020 g/mol. The largest absolute Gasteiger partial charge is 0.397 e. The fourth-order valence-electron chi connectivity index (χ4n) is 4.45. The number of nitrogens with one attached hydrogen (secondary N) is 2. The molecule has 0 spiro atoms. The molecule has 0 aromatic heterocycles. The van der Waals surface area contributed by atoms with Crippen LogP contribution in [0.5, 0.6) is 0 Å². The molecule has 2 unspecified atom stereocenters. The van der Waals surface area contributed by atoms with Crippen molar-refractivity contribution >= 4 is 20.8 Å². The molecule has 2 atom stereocenters. The van der Waals surface area contributed by atoms with Gasteiger partial charge in [0.05, 0.1) is 25.5 Å². The van der Waals surface area contributed by atoms with Gasteiger partial charge in [0.25, 0.3) is 0 Å². The van der Waals surface area contributed by atoms with Crippen LogP contribution < -0.4 is 10.6 Å². The van der Waals surface area contributed by atoms with Gasteiger partial charge in [-0.1, -0.05) is 105 Å². The number of unbranched alkanes of at least 4 members (excludes halogenated alkanes) is 12. The average Bonchev–Trinajstić information content (AvgIpc) is 3.60. The molecule has 0 bridgehead atoms. The number of hydrogen-bond acceptors (Lipinski definition) is 10. The quantitative estimate of drug-likeness (QED) is 0.0487. The normalized spacial score (nSPS) is 15.8. The van der Waals surface area contributed by atoms with E-state index in [9.17, 15) is 16.8 Å². The van der Waals surface area contributed by atoms with Gasteiger partial charge in [-0.3, -0.25) is 9.11 Å². The summed E-state index contributed by atoms with van der Waals surface area (Å²) in [5.41, 5.74) is 0. The van der Waals surface area contributed by atoms with E-state index in [4.69, 9.17) is 9.11 Å². The maximum Gasteiger partial charge on any atom is 0.397 e. The van der Waals surface area contributed by atoms with Crippen LogP contribution in [-0.2, 0) is 90.4 Å². The van der Waals surface area contributed by atoms with Crippen LogP contribution in [0.1, 0.15) is 143 Å². The van der Waals surface area contributed by atoms with Crippen LogP contribution in [0.4, 0.5) is 0 Å². The number of nitrogens with zero attached hydrogens (tertiary/aromatic N) is 2. The minimum absolute atomic E-state index is 0. The average molecular weight is 1020 g/mol. The molecule has 306 valence electrons. The molecule has 17 heteroatoms. The molecule has 2 aliphatic heterocycles. The Kier molecular flexibility index (Phi) is 47.5. The van der Waals surface area contributed by atoms with Crippen molar-refractivity contribution in [2.45, 2.75) is 156 Å². The predicted octanol–water partition coefficient (Wildman–Crippen LogP) is 7.34. The van der Waals surface area contributed by atoms with E-state index >= 15 is 0 Å². The molecule has 0 aromatic carbocycles. The standard InChI is InChI=1S/2C8H16N2.2C8H18O4S.3Pd/c2*1-3-4-5-8-9-6-7-10(8)2;2*1-2-3-4-5-6-7-8-12-13(9,10)11;;;/h2*6-9H,3-5H2,1-2H3;2*2-8H2,1H3,(H,9,10,11);;;. The molecule has 0 aromatic rings. The Morgan fingerprint density at radius 3 is 1.06 bits per heavy atom. The van der Waals surface area contributed by atoms with Crippen molar-refractivity contribution in [1.82, 2.24) is 20.4 Å². The maximum absolute atomic E-state index is 10.1. The molecule has 12 nitrogen and oxygen atoms in total. The molecule has 0 radical (unpaired) electrons. The fourth-order valence-corrected chi connectivity index (χ4v) is 5.11. The molecule has 0 saturated heterocycles. The summed E-state index contributed by atoms with van der Waals surface area (Å²) in [6.45, 7) is 8.91. The van der Waals surface area contributed by atoms with Crippen LogP contribution in [0.15, 0.2) is 24.8 Å². The van der Waals surface area contributed by atoms with Crippen molar-refractivity contribution in [2.24, 2.45) is 0 Å². The molecular weight excluding hydrogens is 952 g/mol. The van der Waals surface area contributed by atoms with E-state index in [0.29, 0.717) is 25.2 Å². The van der Waals surface area contributed by atoms with Gasteiger partial charge >= 0.3 is 20.8 Å². The van der Waals surface area contributed by atoms with E-state index in [2.05, 4.69) is 83.0 Å². The first-order chi connectivity index (χ1) is 21.8. The van der Waals surface area contributed by atoms with Crippen molar-refractivity contribution in [3.8, 4) is 0 Å². The second-order valence-electron chi connectivity index (χ2n) is 11.6. The van der Waals surface area contributed by atoms with Crippen LogP contribution in [0.2, 0.25) is 0 Å². The van der Waals surface area contributed by atoms with Crippen LogP contribution in [0, 0.1) is 0 Å². The van der Waals surface area contributed by atoms with Crippen LogP contribution in [0.25, 0.3) is 0 Å². The molecule has 0 aliphatic carbocycles. The zero-order valence-electron chi connectivity index (χ0n) is 30.6. The summed E-state index contributed by atoms with van der Waals surface area (Å²) in [5.74, 6) is 0. The van der Waals surface area contributed by atoms with Gasteiger partial charge in [-0.2, -0.15) is 16.8 Å². The zero-order chi connectivity index (χ0) is 35.1. The summed E-state index contributed by atoms with van der Waals surface area (Å²) in [6.07, 6.45) is 29.7. The summed E-state index contributed by atoms with van der Waals surface area (Å²) in [7, 11) is -4.23. The Balaban J connectivity index is -0.000000173. The minimum Gasteiger partial charge on any atom is -0.370 e. The third kappa shape index (κ3) is 44.5. The van der Waals surface area contributed by atoms with Crippen LogP contribution in [-0.4, -0.2) is 75.4 Å². The zero-order valence-corrected chi connectivity index (χ0v) is 36.9. The van der Waals surface area contributed by atoms with Crippen molar-refractivity contribution in [3.05, 3.63) is 24.8 Å². The Morgan fingerprint density at radius 2 is 0.816 bits per heavy atom. The maximum atomic E-state index is 10.1. The van der Waals surface area contributed by atoms with Crippen molar-refractivity contribution in [2.75, 3.05) is 27.3 Å². The van der Waals surface area contributed by atoms with Crippen molar-refractivity contribution < 1.29 is 95.6 Å². The Labute approximate surface area is 342 Å². The summed E-state index contributed by atoms with van der Waals surface area (Å²) < 4.78 is 65.1. The van der Waals surface area contributed by atoms with E-state index in [1.54, 1.807) is 0 Å². The third-order valence-corrected chi connectivity index (χ3v) is 8.23. The molecular formula is C32H68N4O8Pd3S2. The Hall–Kier alpha value is 0.407. The first kappa shape index (κ1) is 58.7. The molecule has 49 heavy (non-hydrogen) atoms. The van der Waals surface area contributed by atoms with Crippen LogP contribution >= 0.6 is 0 Å². The van der Waals surface area contributed by atoms with Crippen LogP contribution in [0.3, 0.4) is 0 Å². The smallest absolute Gasteiger partial charge is 0.370 e. The van der Waals surface area contributed by atoms with Gasteiger partial charge in [0.15, 0.2) is 0 Å². The summed E-state index contributed by atoms with van der Waals surface area (Å²) >= 11 is 0. The molecule has 4 N–H and O–H groups in total. The van der Waals surface area contributed by atoms with Gasteiger partial charge in [0.1, 0.15) is 0 Å². The summed E-state index contributed by atoms with van der Waals surface area (Å²) in [4.78, 5) is 4.44. The topological polar surface area (TPSA) is 158 Å². The Morgan fingerprint density at radius 1 is 0.531 bits per heavy atom. The van der Waals surface area contributed by atoms with E-state index in [1.807, 2.05) is 12.4 Å². The fraction of sp³-hybridized carbons (Fsp3) is 0.875. The number of hydrogen-bond donors (Lipinski definition) is 4. The number of rotatable bonds is 22. The molecule has 0 fully saturated rings. The van der Waals surface area contributed by atoms with Gasteiger partial charge in [-0.15, -0.1) is 0 Å². The van der Waals surface area contributed by atoms with E-state index in [0.717, 1.165) is 25.7 Å². The van der Waals surface area contributed by atoms with E-state index < -0.39 is 20.8 Å². The first-order valence-electron chi connectivity index (χ1n) is 17.3. The predicted molar refractivity (Wildman–Crippen MR) is 188 cm³/mol. The molecule has 2 heterocycles. The molecule has 0 saturated carbocycles. The SMILES string of the molecule is CCCCC1NC=CN1C.CCCCC1NC=CN1C.CCCCCCCCOS(=O)(=O)O.CCCCCCCCOS(=O)(=O)O.[Pd].[Pd].[Pd]. The molecule has 2 aliphatic rings.